The van der Waals surface area contributed by atoms with Crippen LogP contribution in [0.2, 0.25) is 5.02 Å². The van der Waals surface area contributed by atoms with Crippen LogP contribution in [0.1, 0.15) is 11.1 Å². The van der Waals surface area contributed by atoms with Crippen molar-refractivity contribution in [3.8, 4) is 5.75 Å². The van der Waals surface area contributed by atoms with Crippen molar-refractivity contribution in [2.75, 3.05) is 6.61 Å². The molecule has 4 rings (SSSR count). The molecule has 0 bridgehead atoms. The van der Waals surface area contributed by atoms with Crippen LogP contribution in [0.3, 0.4) is 0 Å². The van der Waals surface area contributed by atoms with Crippen LogP contribution in [-0.4, -0.2) is 23.3 Å². The van der Waals surface area contributed by atoms with Crippen LogP contribution in [-0.2, 0) is 11.3 Å². The van der Waals surface area contributed by atoms with E-state index >= 15 is 0 Å². The molecule has 30 heavy (non-hydrogen) atoms. The molecule has 0 radical (unpaired) electrons. The highest BCUT2D eigenvalue weighted by Crippen LogP contribution is 2.23. The number of amides is 1. The Morgan fingerprint density at radius 3 is 2.57 bits per heavy atom. The number of hydrazone groups is 1. The number of para-hydroxylation sites is 2. The smallest absolute Gasteiger partial charge is 0.277 e. The number of ether oxygens (including phenoxy) is 1. The molecule has 0 spiro atoms. The van der Waals surface area contributed by atoms with Gasteiger partial charge in [0.1, 0.15) is 5.75 Å². The number of rotatable bonds is 7. The summed E-state index contributed by atoms with van der Waals surface area (Å²) < 4.78 is 7.60. The number of benzene rings is 3. The summed E-state index contributed by atoms with van der Waals surface area (Å²) in [6.45, 7) is 0.587. The van der Waals surface area contributed by atoms with Crippen LogP contribution < -0.4 is 10.2 Å². The first kappa shape index (κ1) is 19.7. The number of hydrogen-bond acceptors (Lipinski definition) is 3. The quantitative estimate of drug-likeness (QED) is 0.344. The van der Waals surface area contributed by atoms with Crippen molar-refractivity contribution in [3.05, 3.63) is 101 Å². The fourth-order valence-electron chi connectivity index (χ4n) is 3.20. The summed E-state index contributed by atoms with van der Waals surface area (Å²) in [5.41, 5.74) is 5.74. The van der Waals surface area contributed by atoms with Crippen LogP contribution in [0.5, 0.6) is 5.75 Å². The van der Waals surface area contributed by atoms with Gasteiger partial charge in [-0.25, -0.2) is 5.43 Å². The normalized spacial score (nSPS) is 11.1. The van der Waals surface area contributed by atoms with E-state index in [0.717, 1.165) is 23.0 Å². The Labute approximate surface area is 179 Å². The lowest BCUT2D eigenvalue weighted by Gasteiger charge is -2.06. The summed E-state index contributed by atoms with van der Waals surface area (Å²) in [6, 6.07) is 25.4. The van der Waals surface area contributed by atoms with Gasteiger partial charge >= 0.3 is 0 Å². The number of carbonyl (C=O) groups is 1. The zero-order valence-electron chi connectivity index (χ0n) is 16.2. The third-order valence-corrected chi connectivity index (χ3v) is 4.92. The van der Waals surface area contributed by atoms with E-state index in [1.54, 1.807) is 30.5 Å². The van der Waals surface area contributed by atoms with Gasteiger partial charge in [0.25, 0.3) is 5.91 Å². The molecular formula is C24H20ClN3O2. The molecule has 5 nitrogen and oxygen atoms in total. The number of aromatic nitrogens is 1. The number of nitrogens with one attached hydrogen (secondary N) is 1. The summed E-state index contributed by atoms with van der Waals surface area (Å²) >= 11 is 6.02. The predicted octanol–water partition coefficient (Wildman–Crippen LogP) is 4.87. The Hall–Kier alpha value is -3.57. The largest absolute Gasteiger partial charge is 0.482 e. The highest BCUT2D eigenvalue weighted by atomic mass is 35.5. The van der Waals surface area contributed by atoms with Crippen molar-refractivity contribution in [2.24, 2.45) is 5.10 Å². The standard InChI is InChI=1S/C24H20ClN3O2/c25-21-11-5-7-13-23(21)30-17-24(29)27-26-14-19-16-28(15-18-8-2-1-3-9-18)22-12-6-4-10-20(19)22/h1-14,16H,15,17H2,(H,27,29). The molecule has 1 amide bonds. The minimum Gasteiger partial charge on any atom is -0.482 e. The van der Waals surface area contributed by atoms with Gasteiger partial charge in [0, 0.05) is 29.2 Å². The lowest BCUT2D eigenvalue weighted by molar-refractivity contribution is -0.123. The molecular weight excluding hydrogens is 398 g/mol. The molecule has 0 saturated heterocycles. The van der Waals surface area contributed by atoms with E-state index in [9.17, 15) is 4.79 Å². The van der Waals surface area contributed by atoms with Crippen molar-refractivity contribution in [2.45, 2.75) is 6.54 Å². The molecule has 0 atom stereocenters. The average Bonchev–Trinajstić information content (AvgIpc) is 3.11. The van der Waals surface area contributed by atoms with Gasteiger partial charge in [-0.2, -0.15) is 5.10 Å². The Morgan fingerprint density at radius 2 is 1.73 bits per heavy atom. The maximum absolute atomic E-state index is 12.0. The number of fused-ring (bicyclic) bond motifs is 1. The minimum atomic E-state index is -0.362. The first-order valence-corrected chi connectivity index (χ1v) is 9.89. The van der Waals surface area contributed by atoms with Crippen LogP contribution in [0.15, 0.2) is 90.2 Å². The molecule has 0 aliphatic carbocycles. The van der Waals surface area contributed by atoms with Crippen LogP contribution in [0.4, 0.5) is 0 Å². The van der Waals surface area contributed by atoms with Crippen LogP contribution in [0, 0.1) is 0 Å². The van der Waals surface area contributed by atoms with Gasteiger partial charge in [0.05, 0.1) is 11.2 Å². The molecule has 1 N–H and O–H groups in total. The van der Waals surface area contributed by atoms with E-state index in [1.165, 1.54) is 5.56 Å². The molecule has 150 valence electrons. The van der Waals surface area contributed by atoms with Gasteiger partial charge in [0.2, 0.25) is 0 Å². The van der Waals surface area contributed by atoms with Crippen molar-refractivity contribution >= 4 is 34.6 Å². The highest BCUT2D eigenvalue weighted by molar-refractivity contribution is 6.32. The van der Waals surface area contributed by atoms with Crippen LogP contribution >= 0.6 is 11.6 Å². The van der Waals surface area contributed by atoms with E-state index in [4.69, 9.17) is 16.3 Å². The average molecular weight is 418 g/mol. The molecule has 6 heteroatoms. The number of nitrogens with zero attached hydrogens (tertiary/aromatic N) is 2. The zero-order chi connectivity index (χ0) is 20.8. The molecule has 4 aromatic rings. The van der Waals surface area contributed by atoms with Crippen molar-refractivity contribution in [1.29, 1.82) is 0 Å². The van der Waals surface area contributed by atoms with E-state index in [2.05, 4.69) is 33.3 Å². The fraction of sp³-hybridized carbons (Fsp3) is 0.0833. The zero-order valence-corrected chi connectivity index (χ0v) is 16.9. The summed E-state index contributed by atoms with van der Waals surface area (Å²) in [5, 5.41) is 5.62. The van der Waals surface area contributed by atoms with Crippen molar-refractivity contribution in [1.82, 2.24) is 9.99 Å². The van der Waals surface area contributed by atoms with Gasteiger partial charge in [-0.05, 0) is 23.8 Å². The summed E-state index contributed by atoms with van der Waals surface area (Å²) in [5.74, 6) is 0.0986. The van der Waals surface area contributed by atoms with E-state index in [0.29, 0.717) is 10.8 Å². The lowest BCUT2D eigenvalue weighted by atomic mass is 10.2. The number of carbonyl (C=O) groups excluding carboxylic acids is 1. The second-order valence-electron chi connectivity index (χ2n) is 6.73. The monoisotopic (exact) mass is 417 g/mol. The maximum Gasteiger partial charge on any atom is 0.277 e. The molecule has 1 heterocycles. The Kier molecular flexibility index (Phi) is 6.11. The van der Waals surface area contributed by atoms with Gasteiger partial charge in [-0.1, -0.05) is 72.3 Å². The first-order chi connectivity index (χ1) is 14.7. The predicted molar refractivity (Wildman–Crippen MR) is 120 cm³/mol. The van der Waals surface area contributed by atoms with Gasteiger partial charge < -0.3 is 9.30 Å². The molecule has 0 fully saturated rings. The van der Waals surface area contributed by atoms with Crippen molar-refractivity contribution < 1.29 is 9.53 Å². The van der Waals surface area contributed by atoms with Gasteiger partial charge in [0.15, 0.2) is 6.61 Å². The summed E-state index contributed by atoms with van der Waals surface area (Å²) in [7, 11) is 0. The maximum atomic E-state index is 12.0. The molecule has 0 aliphatic heterocycles. The third-order valence-electron chi connectivity index (χ3n) is 4.60. The minimum absolute atomic E-state index is 0.170. The molecule has 1 aromatic heterocycles. The second kappa shape index (κ2) is 9.29. The SMILES string of the molecule is O=C(COc1ccccc1Cl)NN=Cc1cn(Cc2ccccc2)c2ccccc12. The highest BCUT2D eigenvalue weighted by Gasteiger charge is 2.08. The fourth-order valence-corrected chi connectivity index (χ4v) is 3.39. The van der Waals surface area contributed by atoms with Crippen LogP contribution in [0.25, 0.3) is 10.9 Å². The van der Waals surface area contributed by atoms with Gasteiger partial charge in [-0.3, -0.25) is 4.79 Å². The Bertz CT molecular complexity index is 1190. The van der Waals surface area contributed by atoms with E-state index in [1.807, 2.05) is 42.6 Å². The topological polar surface area (TPSA) is 55.6 Å². The number of hydrogen-bond donors (Lipinski definition) is 1. The van der Waals surface area contributed by atoms with Gasteiger partial charge in [-0.15, -0.1) is 0 Å². The van der Waals surface area contributed by atoms with E-state index in [-0.39, 0.29) is 12.5 Å². The second-order valence-corrected chi connectivity index (χ2v) is 7.13. The Balaban J connectivity index is 1.44. The summed E-state index contributed by atoms with van der Waals surface area (Å²) in [6.07, 6.45) is 3.69. The molecule has 3 aromatic carbocycles. The molecule has 0 unspecified atom stereocenters. The summed E-state index contributed by atoms with van der Waals surface area (Å²) in [4.78, 5) is 12.0. The van der Waals surface area contributed by atoms with Crippen molar-refractivity contribution in [3.63, 3.8) is 0 Å². The third kappa shape index (κ3) is 4.70. The molecule has 0 aliphatic rings. The van der Waals surface area contributed by atoms with E-state index < -0.39 is 0 Å². The molecule has 0 saturated carbocycles. The lowest BCUT2D eigenvalue weighted by Crippen LogP contribution is -2.24. The Morgan fingerprint density at radius 1 is 1.00 bits per heavy atom. The number of halogens is 1. The first-order valence-electron chi connectivity index (χ1n) is 9.52.